The number of benzene rings is 2. The van der Waals surface area contributed by atoms with E-state index in [9.17, 15) is 0 Å². The predicted molar refractivity (Wildman–Crippen MR) is 73.9 cm³/mol. The highest BCUT2D eigenvalue weighted by atomic mass is 32.1. The number of azide groups is 1. The van der Waals surface area contributed by atoms with Crippen LogP contribution in [0, 0.1) is 0 Å². The van der Waals surface area contributed by atoms with Gasteiger partial charge in [0.15, 0.2) is 0 Å². The van der Waals surface area contributed by atoms with Gasteiger partial charge in [-0.05, 0) is 17.7 Å². The summed E-state index contributed by atoms with van der Waals surface area (Å²) in [5, 5.41) is 4.52. The van der Waals surface area contributed by atoms with Gasteiger partial charge in [-0.2, -0.15) is 0 Å². The van der Waals surface area contributed by atoms with E-state index in [1.54, 1.807) is 23.5 Å². The van der Waals surface area contributed by atoms with Crippen LogP contribution < -0.4 is 0 Å². The van der Waals surface area contributed by atoms with E-state index in [0.29, 0.717) is 5.69 Å². The number of fused-ring (bicyclic) bond motifs is 1. The van der Waals surface area contributed by atoms with E-state index in [1.165, 1.54) is 4.70 Å². The topological polar surface area (TPSA) is 61.7 Å². The van der Waals surface area contributed by atoms with E-state index in [1.807, 2.05) is 30.3 Å². The molecule has 4 nitrogen and oxygen atoms in total. The van der Waals surface area contributed by atoms with Crippen LogP contribution in [0.3, 0.4) is 0 Å². The third-order valence-corrected chi connectivity index (χ3v) is 3.65. The quantitative estimate of drug-likeness (QED) is 0.363. The summed E-state index contributed by atoms with van der Waals surface area (Å²) in [6.45, 7) is 0. The largest absolute Gasteiger partial charge is 0.236 e. The van der Waals surface area contributed by atoms with Crippen LogP contribution in [0.4, 0.5) is 5.69 Å². The lowest BCUT2D eigenvalue weighted by Crippen LogP contribution is -1.74. The van der Waals surface area contributed by atoms with Crippen molar-refractivity contribution < 1.29 is 0 Å². The van der Waals surface area contributed by atoms with E-state index in [4.69, 9.17) is 5.53 Å². The maximum atomic E-state index is 8.35. The standard InChI is InChI=1S/C13H8N4S/c14-17-16-10-7-5-9(6-8-10)13-15-11-3-1-2-4-12(11)18-13/h1-8H. The van der Waals surface area contributed by atoms with Gasteiger partial charge >= 0.3 is 0 Å². The molecule has 86 valence electrons. The average molecular weight is 252 g/mol. The summed E-state index contributed by atoms with van der Waals surface area (Å²) in [5.41, 5.74) is 11.0. The van der Waals surface area contributed by atoms with Crippen molar-refractivity contribution in [3.63, 3.8) is 0 Å². The minimum Gasteiger partial charge on any atom is -0.236 e. The molecule has 3 aromatic rings. The summed E-state index contributed by atoms with van der Waals surface area (Å²) in [4.78, 5) is 7.33. The molecule has 0 aliphatic carbocycles. The smallest absolute Gasteiger partial charge is 0.124 e. The molecule has 0 aliphatic rings. The molecule has 0 bridgehead atoms. The lowest BCUT2D eigenvalue weighted by Gasteiger charge is -1.95. The van der Waals surface area contributed by atoms with Crippen LogP contribution in [0.25, 0.3) is 31.2 Å². The van der Waals surface area contributed by atoms with E-state index >= 15 is 0 Å². The summed E-state index contributed by atoms with van der Waals surface area (Å²) in [6.07, 6.45) is 0. The maximum absolute atomic E-state index is 8.35. The molecule has 0 unspecified atom stereocenters. The SMILES string of the molecule is [N-]=[N+]=Nc1ccc(-c2nc3ccccc3s2)cc1. The van der Waals surface area contributed by atoms with Crippen molar-refractivity contribution in [2.24, 2.45) is 5.11 Å². The van der Waals surface area contributed by atoms with Crippen molar-refractivity contribution in [2.45, 2.75) is 0 Å². The fourth-order valence-electron chi connectivity index (χ4n) is 1.72. The Morgan fingerprint density at radius 3 is 2.56 bits per heavy atom. The van der Waals surface area contributed by atoms with Gasteiger partial charge in [0.05, 0.1) is 10.2 Å². The van der Waals surface area contributed by atoms with Gasteiger partial charge in [0, 0.05) is 16.2 Å². The van der Waals surface area contributed by atoms with Crippen molar-refractivity contribution in [3.8, 4) is 10.6 Å². The second kappa shape index (κ2) is 4.49. The van der Waals surface area contributed by atoms with Crippen LogP contribution in [0.5, 0.6) is 0 Å². The van der Waals surface area contributed by atoms with E-state index < -0.39 is 0 Å². The third-order valence-electron chi connectivity index (χ3n) is 2.57. The summed E-state index contributed by atoms with van der Waals surface area (Å²) in [5.74, 6) is 0. The Morgan fingerprint density at radius 1 is 1.06 bits per heavy atom. The first-order valence-electron chi connectivity index (χ1n) is 5.38. The Kier molecular flexibility index (Phi) is 2.68. The first-order chi connectivity index (χ1) is 8.86. The Morgan fingerprint density at radius 2 is 1.83 bits per heavy atom. The van der Waals surface area contributed by atoms with Gasteiger partial charge in [0.1, 0.15) is 5.01 Å². The first-order valence-corrected chi connectivity index (χ1v) is 6.19. The van der Waals surface area contributed by atoms with E-state index in [-0.39, 0.29) is 0 Å². The zero-order chi connectivity index (χ0) is 12.4. The van der Waals surface area contributed by atoms with Gasteiger partial charge in [-0.1, -0.05) is 41.5 Å². The number of rotatable bonds is 2. The van der Waals surface area contributed by atoms with Crippen LogP contribution in [0.15, 0.2) is 53.6 Å². The van der Waals surface area contributed by atoms with Crippen molar-refractivity contribution in [3.05, 3.63) is 59.0 Å². The Bertz CT molecular complexity index is 706. The monoisotopic (exact) mass is 252 g/mol. The van der Waals surface area contributed by atoms with E-state index in [2.05, 4.69) is 21.1 Å². The van der Waals surface area contributed by atoms with Crippen molar-refractivity contribution >= 4 is 27.2 Å². The minimum absolute atomic E-state index is 0.613. The molecule has 0 aliphatic heterocycles. The highest BCUT2D eigenvalue weighted by Gasteiger charge is 2.05. The van der Waals surface area contributed by atoms with Gasteiger partial charge in [-0.25, -0.2) is 4.98 Å². The fourth-order valence-corrected chi connectivity index (χ4v) is 2.69. The molecule has 0 atom stereocenters. The molecule has 3 rings (SSSR count). The van der Waals surface area contributed by atoms with Gasteiger partial charge in [-0.3, -0.25) is 0 Å². The minimum atomic E-state index is 0.613. The molecule has 2 aromatic carbocycles. The van der Waals surface area contributed by atoms with Crippen LogP contribution in [-0.2, 0) is 0 Å². The number of para-hydroxylation sites is 1. The lowest BCUT2D eigenvalue weighted by atomic mass is 10.2. The second-order valence-corrected chi connectivity index (χ2v) is 4.75. The molecule has 5 heteroatoms. The molecule has 0 N–H and O–H groups in total. The van der Waals surface area contributed by atoms with Crippen LogP contribution in [0.1, 0.15) is 0 Å². The van der Waals surface area contributed by atoms with Gasteiger partial charge in [0.2, 0.25) is 0 Å². The van der Waals surface area contributed by atoms with E-state index in [0.717, 1.165) is 16.1 Å². The lowest BCUT2D eigenvalue weighted by molar-refractivity contribution is 1.45. The third kappa shape index (κ3) is 1.93. The molecule has 1 aromatic heterocycles. The summed E-state index contributed by atoms with van der Waals surface area (Å²) in [6, 6.07) is 15.5. The molecule has 0 radical (unpaired) electrons. The highest BCUT2D eigenvalue weighted by Crippen LogP contribution is 2.30. The Labute approximate surface area is 107 Å². The molecule has 18 heavy (non-hydrogen) atoms. The normalized spacial score (nSPS) is 10.2. The van der Waals surface area contributed by atoms with Crippen LogP contribution in [-0.4, -0.2) is 4.98 Å². The number of aromatic nitrogens is 1. The van der Waals surface area contributed by atoms with Crippen molar-refractivity contribution in [1.82, 2.24) is 4.98 Å². The van der Waals surface area contributed by atoms with Crippen molar-refractivity contribution in [2.75, 3.05) is 0 Å². The number of hydrogen-bond acceptors (Lipinski definition) is 3. The second-order valence-electron chi connectivity index (χ2n) is 3.72. The number of hydrogen-bond donors (Lipinski definition) is 0. The van der Waals surface area contributed by atoms with Gasteiger partial charge < -0.3 is 0 Å². The molecular formula is C13H8N4S. The summed E-state index contributed by atoms with van der Waals surface area (Å²) < 4.78 is 1.17. The highest BCUT2D eigenvalue weighted by molar-refractivity contribution is 7.21. The number of thiazole rings is 1. The number of nitrogens with zero attached hydrogens (tertiary/aromatic N) is 4. The molecule has 0 spiro atoms. The molecular weight excluding hydrogens is 244 g/mol. The molecule has 1 heterocycles. The zero-order valence-electron chi connectivity index (χ0n) is 9.32. The summed E-state index contributed by atoms with van der Waals surface area (Å²) >= 11 is 1.66. The molecule has 0 amide bonds. The molecule has 0 saturated heterocycles. The zero-order valence-corrected chi connectivity index (χ0v) is 10.1. The van der Waals surface area contributed by atoms with Gasteiger partial charge in [-0.15, -0.1) is 11.3 Å². The van der Waals surface area contributed by atoms with Crippen LogP contribution >= 0.6 is 11.3 Å². The average Bonchev–Trinajstić information content (AvgIpc) is 2.84. The first kappa shape index (κ1) is 10.8. The van der Waals surface area contributed by atoms with Gasteiger partial charge in [0.25, 0.3) is 0 Å². The summed E-state index contributed by atoms with van der Waals surface area (Å²) in [7, 11) is 0. The Balaban J connectivity index is 2.05. The van der Waals surface area contributed by atoms with Crippen molar-refractivity contribution in [1.29, 1.82) is 0 Å². The fraction of sp³-hybridized carbons (Fsp3) is 0. The van der Waals surface area contributed by atoms with Crippen LogP contribution in [0.2, 0.25) is 0 Å². The predicted octanol–water partition coefficient (Wildman–Crippen LogP) is 4.91. The Hall–Kier alpha value is -2.36. The molecule has 0 fully saturated rings. The molecule has 0 saturated carbocycles. The maximum Gasteiger partial charge on any atom is 0.124 e.